The second-order valence-electron chi connectivity index (χ2n) is 4.05. The van der Waals surface area contributed by atoms with Gasteiger partial charge < -0.3 is 10.6 Å². The van der Waals surface area contributed by atoms with Gasteiger partial charge in [-0.25, -0.2) is 0 Å². The second kappa shape index (κ2) is 3.93. The monoisotopic (exact) mass is 204 g/mol. The Morgan fingerprint density at radius 1 is 1.40 bits per heavy atom. The molecule has 0 saturated carbocycles. The van der Waals surface area contributed by atoms with E-state index in [0.29, 0.717) is 6.42 Å². The van der Waals surface area contributed by atoms with E-state index in [1.807, 2.05) is 12.1 Å². The molecule has 15 heavy (non-hydrogen) atoms. The SMILES string of the molecule is CCC1CC(=O)Nc2ccc(C)cc2N1. The van der Waals surface area contributed by atoms with E-state index >= 15 is 0 Å². The van der Waals surface area contributed by atoms with Crippen molar-refractivity contribution in [3.05, 3.63) is 23.8 Å². The van der Waals surface area contributed by atoms with E-state index in [1.165, 1.54) is 5.56 Å². The first kappa shape index (κ1) is 10.0. The molecule has 0 aliphatic carbocycles. The Morgan fingerprint density at radius 3 is 2.93 bits per heavy atom. The van der Waals surface area contributed by atoms with Crippen LogP contribution in [0.5, 0.6) is 0 Å². The molecule has 1 aliphatic rings. The zero-order valence-corrected chi connectivity index (χ0v) is 9.13. The van der Waals surface area contributed by atoms with Crippen molar-refractivity contribution in [2.75, 3.05) is 10.6 Å². The van der Waals surface area contributed by atoms with Gasteiger partial charge in [0.1, 0.15) is 0 Å². The van der Waals surface area contributed by atoms with Crippen LogP contribution in [0, 0.1) is 6.92 Å². The van der Waals surface area contributed by atoms with Gasteiger partial charge in [-0.15, -0.1) is 0 Å². The standard InChI is InChI=1S/C12H16N2O/c1-3-9-7-12(15)14-10-5-4-8(2)6-11(10)13-9/h4-6,9,13H,3,7H2,1-2H3,(H,14,15). The summed E-state index contributed by atoms with van der Waals surface area (Å²) in [5.74, 6) is 0.0944. The first-order valence-electron chi connectivity index (χ1n) is 5.36. The molecule has 3 heteroatoms. The van der Waals surface area contributed by atoms with Crippen LogP contribution >= 0.6 is 0 Å². The first-order valence-corrected chi connectivity index (χ1v) is 5.36. The smallest absolute Gasteiger partial charge is 0.226 e. The predicted molar refractivity (Wildman–Crippen MR) is 62.1 cm³/mol. The van der Waals surface area contributed by atoms with Gasteiger partial charge in [-0.3, -0.25) is 4.79 Å². The molecule has 2 rings (SSSR count). The van der Waals surface area contributed by atoms with Crippen molar-refractivity contribution in [2.24, 2.45) is 0 Å². The molecule has 2 N–H and O–H groups in total. The number of anilines is 2. The van der Waals surface area contributed by atoms with E-state index in [0.717, 1.165) is 17.8 Å². The van der Waals surface area contributed by atoms with Gasteiger partial charge in [-0.2, -0.15) is 0 Å². The van der Waals surface area contributed by atoms with Crippen molar-refractivity contribution < 1.29 is 4.79 Å². The topological polar surface area (TPSA) is 41.1 Å². The highest BCUT2D eigenvalue weighted by atomic mass is 16.1. The van der Waals surface area contributed by atoms with Crippen LogP contribution in [0.25, 0.3) is 0 Å². The van der Waals surface area contributed by atoms with Crippen molar-refractivity contribution in [1.82, 2.24) is 0 Å². The van der Waals surface area contributed by atoms with Gasteiger partial charge in [0.15, 0.2) is 0 Å². The lowest BCUT2D eigenvalue weighted by Gasteiger charge is -2.14. The van der Waals surface area contributed by atoms with Crippen LogP contribution in [0.15, 0.2) is 18.2 Å². The highest BCUT2D eigenvalue weighted by molar-refractivity contribution is 5.96. The van der Waals surface area contributed by atoms with E-state index in [4.69, 9.17) is 0 Å². The second-order valence-corrected chi connectivity index (χ2v) is 4.05. The minimum Gasteiger partial charge on any atom is -0.380 e. The summed E-state index contributed by atoms with van der Waals surface area (Å²) in [4.78, 5) is 11.5. The van der Waals surface area contributed by atoms with Gasteiger partial charge in [0.05, 0.1) is 11.4 Å². The Bertz CT molecular complexity index is 387. The van der Waals surface area contributed by atoms with Crippen molar-refractivity contribution in [3.8, 4) is 0 Å². The average Bonchev–Trinajstić information content (AvgIpc) is 2.35. The third kappa shape index (κ3) is 2.12. The number of fused-ring (bicyclic) bond motifs is 1. The van der Waals surface area contributed by atoms with E-state index in [-0.39, 0.29) is 11.9 Å². The molecular weight excluding hydrogens is 188 g/mol. The molecule has 1 unspecified atom stereocenters. The Hall–Kier alpha value is -1.51. The lowest BCUT2D eigenvalue weighted by molar-refractivity contribution is -0.116. The van der Waals surface area contributed by atoms with Crippen molar-refractivity contribution in [2.45, 2.75) is 32.7 Å². The van der Waals surface area contributed by atoms with Gasteiger partial charge in [0.2, 0.25) is 5.91 Å². The molecule has 0 bridgehead atoms. The van der Waals surface area contributed by atoms with E-state index in [9.17, 15) is 4.79 Å². The highest BCUT2D eigenvalue weighted by Crippen LogP contribution is 2.27. The summed E-state index contributed by atoms with van der Waals surface area (Å²) in [6.07, 6.45) is 1.50. The largest absolute Gasteiger partial charge is 0.380 e. The Morgan fingerprint density at radius 2 is 2.20 bits per heavy atom. The third-order valence-electron chi connectivity index (χ3n) is 2.73. The minimum absolute atomic E-state index is 0.0944. The zero-order chi connectivity index (χ0) is 10.8. The van der Waals surface area contributed by atoms with Gasteiger partial charge in [-0.1, -0.05) is 13.0 Å². The fraction of sp³-hybridized carbons (Fsp3) is 0.417. The summed E-state index contributed by atoms with van der Waals surface area (Å²) >= 11 is 0. The molecule has 1 atom stereocenters. The molecule has 0 radical (unpaired) electrons. The lowest BCUT2D eigenvalue weighted by atomic mass is 10.1. The molecule has 1 aromatic rings. The molecule has 0 aromatic heterocycles. The van der Waals surface area contributed by atoms with Crippen LogP contribution in [-0.2, 0) is 4.79 Å². The van der Waals surface area contributed by atoms with Crippen LogP contribution in [0.2, 0.25) is 0 Å². The number of benzene rings is 1. The zero-order valence-electron chi connectivity index (χ0n) is 9.13. The maximum absolute atomic E-state index is 11.5. The molecule has 3 nitrogen and oxygen atoms in total. The molecule has 80 valence electrons. The Labute approximate surface area is 89.9 Å². The average molecular weight is 204 g/mol. The highest BCUT2D eigenvalue weighted by Gasteiger charge is 2.18. The van der Waals surface area contributed by atoms with E-state index in [1.54, 1.807) is 0 Å². The fourth-order valence-corrected chi connectivity index (χ4v) is 1.83. The summed E-state index contributed by atoms with van der Waals surface area (Å²) in [7, 11) is 0. The van der Waals surface area contributed by atoms with Crippen molar-refractivity contribution in [3.63, 3.8) is 0 Å². The summed E-state index contributed by atoms with van der Waals surface area (Å²) in [5.41, 5.74) is 3.13. The summed E-state index contributed by atoms with van der Waals surface area (Å²) < 4.78 is 0. The van der Waals surface area contributed by atoms with Crippen molar-refractivity contribution >= 4 is 17.3 Å². The molecule has 1 aliphatic heterocycles. The summed E-state index contributed by atoms with van der Waals surface area (Å²) in [6, 6.07) is 6.28. The van der Waals surface area contributed by atoms with Gasteiger partial charge in [0.25, 0.3) is 0 Å². The number of aryl methyl sites for hydroxylation is 1. The minimum atomic E-state index is 0.0944. The van der Waals surface area contributed by atoms with Crippen LogP contribution in [0.1, 0.15) is 25.3 Å². The molecule has 1 heterocycles. The third-order valence-corrected chi connectivity index (χ3v) is 2.73. The lowest BCUT2D eigenvalue weighted by Crippen LogP contribution is -2.21. The fourth-order valence-electron chi connectivity index (χ4n) is 1.83. The number of carbonyl (C=O) groups excluding carboxylic acids is 1. The van der Waals surface area contributed by atoms with E-state index < -0.39 is 0 Å². The van der Waals surface area contributed by atoms with Crippen LogP contribution in [0.4, 0.5) is 11.4 Å². The van der Waals surface area contributed by atoms with Crippen LogP contribution < -0.4 is 10.6 Å². The molecule has 0 saturated heterocycles. The first-order chi connectivity index (χ1) is 7.19. The van der Waals surface area contributed by atoms with Gasteiger partial charge >= 0.3 is 0 Å². The maximum atomic E-state index is 11.5. The quantitative estimate of drug-likeness (QED) is 0.738. The predicted octanol–water partition coefficient (Wildman–Crippen LogP) is 2.53. The molecule has 0 spiro atoms. The summed E-state index contributed by atoms with van der Waals surface area (Å²) in [5, 5.41) is 6.31. The van der Waals surface area contributed by atoms with Crippen molar-refractivity contribution in [1.29, 1.82) is 0 Å². The number of hydrogen-bond acceptors (Lipinski definition) is 2. The number of amides is 1. The maximum Gasteiger partial charge on any atom is 0.226 e. The number of nitrogens with one attached hydrogen (secondary N) is 2. The van der Waals surface area contributed by atoms with Gasteiger partial charge in [-0.05, 0) is 31.0 Å². The van der Waals surface area contributed by atoms with E-state index in [2.05, 4.69) is 30.5 Å². The molecular formula is C12H16N2O. The number of carbonyl (C=O) groups is 1. The van der Waals surface area contributed by atoms with Crippen LogP contribution in [0.3, 0.4) is 0 Å². The molecule has 0 fully saturated rings. The molecule has 1 aromatic carbocycles. The number of hydrogen-bond donors (Lipinski definition) is 2. The Kier molecular flexibility index (Phi) is 2.62. The molecule has 1 amide bonds. The normalized spacial score (nSPS) is 19.9. The number of rotatable bonds is 1. The van der Waals surface area contributed by atoms with Crippen LogP contribution in [-0.4, -0.2) is 11.9 Å². The summed E-state index contributed by atoms with van der Waals surface area (Å²) in [6.45, 7) is 4.14. The van der Waals surface area contributed by atoms with Gasteiger partial charge in [0, 0.05) is 12.5 Å². The Balaban J connectivity index is 2.36.